The molecule has 1 aliphatic rings. The van der Waals surface area contributed by atoms with Crippen LogP contribution in [0, 0.1) is 0 Å². The Kier molecular flexibility index (Phi) is 6.24. The maximum absolute atomic E-state index is 12.8. The van der Waals surface area contributed by atoms with Gasteiger partial charge in [0, 0.05) is 31.7 Å². The molecule has 2 N–H and O–H groups in total. The van der Waals surface area contributed by atoms with Crippen LogP contribution in [0.1, 0.15) is 55.9 Å². The minimum absolute atomic E-state index is 0.0468. The van der Waals surface area contributed by atoms with Gasteiger partial charge in [0.25, 0.3) is 11.5 Å². The summed E-state index contributed by atoms with van der Waals surface area (Å²) < 4.78 is 5.70. The Hall–Kier alpha value is -3.16. The van der Waals surface area contributed by atoms with Crippen LogP contribution < -0.4 is 15.6 Å². The molecule has 30 heavy (non-hydrogen) atoms. The molecular weight excluding hydrogens is 384 g/mol. The molecule has 3 rings (SSSR count). The van der Waals surface area contributed by atoms with E-state index in [9.17, 15) is 14.4 Å². The minimum atomic E-state index is -0.521. The predicted molar refractivity (Wildman–Crippen MR) is 112 cm³/mol. The molecule has 0 radical (unpaired) electrons. The minimum Gasteiger partial charge on any atom is -0.486 e. The van der Waals surface area contributed by atoms with Gasteiger partial charge in [-0.15, -0.1) is 0 Å². The number of benzene rings is 1. The fraction of sp³-hybridized carbons (Fsp3) is 0.455. The molecule has 0 spiro atoms. The first-order valence-electron chi connectivity index (χ1n) is 10.0. The van der Waals surface area contributed by atoms with Crippen molar-refractivity contribution >= 4 is 11.8 Å². The second kappa shape index (κ2) is 8.69. The normalized spacial score (nSPS) is 17.3. The number of carbonyl (C=O) groups is 2. The smallest absolute Gasteiger partial charge is 0.263 e. The van der Waals surface area contributed by atoms with Crippen molar-refractivity contribution in [3.63, 3.8) is 0 Å². The molecule has 1 aromatic carbocycles. The zero-order chi connectivity index (χ0) is 21.9. The zero-order valence-electron chi connectivity index (χ0n) is 17.8. The van der Waals surface area contributed by atoms with Crippen molar-refractivity contribution in [2.24, 2.45) is 0 Å². The van der Waals surface area contributed by atoms with Crippen molar-refractivity contribution in [1.29, 1.82) is 0 Å². The number of carbonyl (C=O) groups excluding carboxylic acids is 2. The van der Waals surface area contributed by atoms with Crippen LogP contribution in [0.5, 0.6) is 5.75 Å². The number of rotatable bonds is 4. The van der Waals surface area contributed by atoms with Gasteiger partial charge in [0.15, 0.2) is 0 Å². The van der Waals surface area contributed by atoms with Crippen LogP contribution in [-0.4, -0.2) is 45.8 Å². The SMILES string of the molecule is C[C@@H]1CNC(=O)CCN1C(=O)c1cnc(COc2ccc(C(C)(C)C)cc2)[nH]c1=O. The first-order valence-corrected chi connectivity index (χ1v) is 10.0. The highest BCUT2D eigenvalue weighted by molar-refractivity contribution is 5.94. The van der Waals surface area contributed by atoms with E-state index in [0.717, 1.165) is 0 Å². The first kappa shape index (κ1) is 21.5. The lowest BCUT2D eigenvalue weighted by atomic mass is 9.87. The highest BCUT2D eigenvalue weighted by Crippen LogP contribution is 2.24. The van der Waals surface area contributed by atoms with E-state index in [4.69, 9.17) is 4.74 Å². The number of aromatic nitrogens is 2. The maximum atomic E-state index is 12.8. The monoisotopic (exact) mass is 412 g/mol. The molecule has 1 fully saturated rings. The van der Waals surface area contributed by atoms with Gasteiger partial charge in [0.05, 0.1) is 0 Å². The van der Waals surface area contributed by atoms with Crippen LogP contribution in [0.25, 0.3) is 0 Å². The summed E-state index contributed by atoms with van der Waals surface area (Å²) in [6.45, 7) is 8.95. The Morgan fingerprint density at radius 2 is 1.93 bits per heavy atom. The van der Waals surface area contributed by atoms with E-state index in [0.29, 0.717) is 18.1 Å². The Morgan fingerprint density at radius 3 is 2.57 bits per heavy atom. The van der Waals surface area contributed by atoms with Crippen LogP contribution in [0.3, 0.4) is 0 Å². The second-order valence-corrected chi connectivity index (χ2v) is 8.54. The summed E-state index contributed by atoms with van der Waals surface area (Å²) in [5.41, 5.74) is 0.688. The molecule has 8 nitrogen and oxygen atoms in total. The van der Waals surface area contributed by atoms with E-state index in [1.165, 1.54) is 16.7 Å². The highest BCUT2D eigenvalue weighted by Gasteiger charge is 2.27. The van der Waals surface area contributed by atoms with Gasteiger partial charge >= 0.3 is 0 Å². The Bertz CT molecular complexity index is 976. The molecule has 1 aromatic heterocycles. The lowest BCUT2D eigenvalue weighted by molar-refractivity contribution is -0.120. The van der Waals surface area contributed by atoms with Gasteiger partial charge in [0.1, 0.15) is 23.7 Å². The van der Waals surface area contributed by atoms with Crippen molar-refractivity contribution in [2.75, 3.05) is 13.1 Å². The average molecular weight is 412 g/mol. The highest BCUT2D eigenvalue weighted by atomic mass is 16.5. The summed E-state index contributed by atoms with van der Waals surface area (Å²) in [4.78, 5) is 45.1. The number of hydrogen-bond donors (Lipinski definition) is 2. The van der Waals surface area contributed by atoms with Gasteiger partial charge in [0.2, 0.25) is 5.91 Å². The first-order chi connectivity index (χ1) is 14.1. The van der Waals surface area contributed by atoms with E-state index in [2.05, 4.69) is 36.1 Å². The van der Waals surface area contributed by atoms with Crippen LogP contribution in [0.4, 0.5) is 0 Å². The Morgan fingerprint density at radius 1 is 1.23 bits per heavy atom. The van der Waals surface area contributed by atoms with Crippen molar-refractivity contribution < 1.29 is 14.3 Å². The fourth-order valence-corrected chi connectivity index (χ4v) is 3.22. The molecule has 160 valence electrons. The van der Waals surface area contributed by atoms with Crippen LogP contribution in [0.2, 0.25) is 0 Å². The summed E-state index contributed by atoms with van der Waals surface area (Å²) in [5, 5.41) is 2.75. The maximum Gasteiger partial charge on any atom is 0.263 e. The molecule has 1 atom stereocenters. The van der Waals surface area contributed by atoms with Crippen molar-refractivity contribution in [1.82, 2.24) is 20.2 Å². The molecule has 1 saturated heterocycles. The third-order valence-electron chi connectivity index (χ3n) is 5.15. The number of amides is 2. The van der Waals surface area contributed by atoms with Gasteiger partial charge in [-0.2, -0.15) is 0 Å². The molecule has 2 amide bonds. The largest absolute Gasteiger partial charge is 0.486 e. The van der Waals surface area contributed by atoms with Crippen LogP contribution in [0.15, 0.2) is 35.3 Å². The number of nitrogens with zero attached hydrogens (tertiary/aromatic N) is 2. The van der Waals surface area contributed by atoms with E-state index in [1.54, 1.807) is 0 Å². The number of hydrogen-bond acceptors (Lipinski definition) is 5. The number of ether oxygens (including phenoxy) is 1. The van der Waals surface area contributed by atoms with Gasteiger partial charge in [-0.3, -0.25) is 14.4 Å². The quantitative estimate of drug-likeness (QED) is 0.799. The number of H-pyrrole nitrogens is 1. The molecule has 0 saturated carbocycles. The van der Waals surface area contributed by atoms with Crippen LogP contribution in [-0.2, 0) is 16.8 Å². The molecule has 0 aliphatic carbocycles. The topological polar surface area (TPSA) is 104 Å². The Balaban J connectivity index is 1.67. The summed E-state index contributed by atoms with van der Waals surface area (Å²) in [5.74, 6) is 0.462. The molecule has 0 unspecified atom stereocenters. The second-order valence-electron chi connectivity index (χ2n) is 8.54. The molecule has 1 aliphatic heterocycles. The number of nitrogens with one attached hydrogen (secondary N) is 2. The molecule has 8 heteroatoms. The van der Waals surface area contributed by atoms with E-state index >= 15 is 0 Å². The van der Waals surface area contributed by atoms with Crippen molar-refractivity contribution in [3.8, 4) is 5.75 Å². The zero-order valence-corrected chi connectivity index (χ0v) is 17.8. The summed E-state index contributed by atoms with van der Waals surface area (Å²) in [7, 11) is 0. The third-order valence-corrected chi connectivity index (χ3v) is 5.15. The summed E-state index contributed by atoms with van der Waals surface area (Å²) in [6, 6.07) is 7.58. The predicted octanol–water partition coefficient (Wildman–Crippen LogP) is 2.00. The van der Waals surface area contributed by atoms with Crippen molar-refractivity contribution in [3.05, 3.63) is 57.8 Å². The average Bonchev–Trinajstić information content (AvgIpc) is 2.86. The standard InChI is InChI=1S/C22H28N4O4/c1-14-11-24-19(27)9-10-26(14)21(29)17-12-23-18(25-20(17)28)13-30-16-7-5-15(6-8-16)22(2,3)4/h5-8,12,14H,9-11,13H2,1-4H3,(H,24,27)(H,23,25,28)/t14-/m1/s1. The fourth-order valence-electron chi connectivity index (χ4n) is 3.22. The van der Waals surface area contributed by atoms with E-state index in [1.807, 2.05) is 31.2 Å². The van der Waals surface area contributed by atoms with Gasteiger partial charge in [-0.25, -0.2) is 4.98 Å². The van der Waals surface area contributed by atoms with E-state index in [-0.39, 0.29) is 42.5 Å². The summed E-state index contributed by atoms with van der Waals surface area (Å²) in [6.07, 6.45) is 1.48. The third kappa shape index (κ3) is 5.06. The van der Waals surface area contributed by atoms with Crippen LogP contribution >= 0.6 is 0 Å². The van der Waals surface area contributed by atoms with Gasteiger partial charge in [-0.1, -0.05) is 32.9 Å². The van der Waals surface area contributed by atoms with Crippen molar-refractivity contribution in [2.45, 2.75) is 52.2 Å². The molecule has 2 heterocycles. The van der Waals surface area contributed by atoms with E-state index < -0.39 is 11.5 Å². The van der Waals surface area contributed by atoms with Gasteiger partial charge < -0.3 is 19.9 Å². The number of aromatic amines is 1. The van der Waals surface area contributed by atoms with Gasteiger partial charge in [-0.05, 0) is 30.0 Å². The lowest BCUT2D eigenvalue weighted by Crippen LogP contribution is -2.43. The molecule has 0 bridgehead atoms. The Labute approximate surface area is 175 Å². The summed E-state index contributed by atoms with van der Waals surface area (Å²) >= 11 is 0. The molecule has 2 aromatic rings. The molecular formula is C22H28N4O4. The lowest BCUT2D eigenvalue weighted by Gasteiger charge is -2.26.